The van der Waals surface area contributed by atoms with Gasteiger partial charge in [0.15, 0.2) is 0 Å². The van der Waals surface area contributed by atoms with E-state index in [2.05, 4.69) is 10.3 Å². The molecule has 1 heterocycles. The number of nitro groups is 1. The molecule has 0 spiro atoms. The monoisotopic (exact) mass is 296 g/mol. The molecular formula is C13H20N4O4. The van der Waals surface area contributed by atoms with Gasteiger partial charge in [-0.05, 0) is 13.8 Å². The summed E-state index contributed by atoms with van der Waals surface area (Å²) in [6.45, 7) is 4.61. The van der Waals surface area contributed by atoms with Gasteiger partial charge in [-0.25, -0.2) is 4.98 Å². The van der Waals surface area contributed by atoms with Crippen LogP contribution in [0.5, 0.6) is 0 Å². The van der Waals surface area contributed by atoms with Crippen LogP contribution in [0.2, 0.25) is 0 Å². The van der Waals surface area contributed by atoms with E-state index < -0.39 is 4.92 Å². The summed E-state index contributed by atoms with van der Waals surface area (Å²) >= 11 is 0. The van der Waals surface area contributed by atoms with Crippen LogP contribution in [-0.2, 0) is 4.74 Å². The minimum absolute atomic E-state index is 0.0841. The summed E-state index contributed by atoms with van der Waals surface area (Å²) in [6.07, 6.45) is 1.20. The van der Waals surface area contributed by atoms with E-state index in [1.54, 1.807) is 14.1 Å². The number of likely N-dealkylation sites (N-methyl/N-ethyl adjacent to an activating group) is 1. The van der Waals surface area contributed by atoms with E-state index in [1.165, 1.54) is 11.0 Å². The molecule has 0 aliphatic heterocycles. The van der Waals surface area contributed by atoms with Crippen molar-refractivity contribution in [3.63, 3.8) is 0 Å². The van der Waals surface area contributed by atoms with Crippen LogP contribution < -0.4 is 5.32 Å². The van der Waals surface area contributed by atoms with E-state index >= 15 is 0 Å². The molecule has 0 saturated carbocycles. The number of ether oxygens (including phenoxy) is 1. The molecule has 1 aromatic heterocycles. The minimum Gasteiger partial charge on any atom is -0.377 e. The first-order valence-electron chi connectivity index (χ1n) is 6.56. The van der Waals surface area contributed by atoms with Gasteiger partial charge in [0.2, 0.25) is 0 Å². The second-order valence-corrected chi connectivity index (χ2v) is 4.74. The second-order valence-electron chi connectivity index (χ2n) is 4.74. The highest BCUT2D eigenvalue weighted by Gasteiger charge is 2.20. The fourth-order valence-corrected chi connectivity index (χ4v) is 1.65. The van der Waals surface area contributed by atoms with Crippen molar-refractivity contribution < 1.29 is 14.5 Å². The van der Waals surface area contributed by atoms with Gasteiger partial charge >= 0.3 is 0 Å². The predicted molar refractivity (Wildman–Crippen MR) is 78.5 cm³/mol. The quantitative estimate of drug-likeness (QED) is 0.605. The zero-order valence-electron chi connectivity index (χ0n) is 12.6. The highest BCUT2D eigenvalue weighted by atomic mass is 16.6. The summed E-state index contributed by atoms with van der Waals surface area (Å²) in [6, 6.07) is 1.22. The summed E-state index contributed by atoms with van der Waals surface area (Å²) < 4.78 is 5.38. The number of nitrogens with zero attached hydrogens (tertiary/aromatic N) is 3. The normalized spacial score (nSPS) is 10.5. The Morgan fingerprint density at radius 2 is 2.24 bits per heavy atom. The van der Waals surface area contributed by atoms with Gasteiger partial charge in [0, 0.05) is 26.7 Å². The van der Waals surface area contributed by atoms with E-state index in [0.29, 0.717) is 19.0 Å². The number of carbonyl (C=O) groups is 1. The number of pyridine rings is 1. The van der Waals surface area contributed by atoms with Gasteiger partial charge in [-0.2, -0.15) is 0 Å². The van der Waals surface area contributed by atoms with Crippen molar-refractivity contribution >= 4 is 17.4 Å². The number of hydrogen-bond donors (Lipinski definition) is 1. The van der Waals surface area contributed by atoms with Crippen LogP contribution in [0.3, 0.4) is 0 Å². The number of amides is 1. The highest BCUT2D eigenvalue weighted by Crippen LogP contribution is 2.20. The average Bonchev–Trinajstić information content (AvgIpc) is 2.45. The standard InChI is InChI=1S/C13H20N4O4/c1-9(2)21-6-5-16(4)13(18)11-7-10(17(19)20)8-15-12(11)14-3/h7-9H,5-6H2,1-4H3,(H,14,15). The SMILES string of the molecule is CNc1ncc([N+](=O)[O-])cc1C(=O)N(C)CCOC(C)C. The lowest BCUT2D eigenvalue weighted by Crippen LogP contribution is -2.31. The Bertz CT molecular complexity index is 519. The maximum Gasteiger partial charge on any atom is 0.288 e. The van der Waals surface area contributed by atoms with Crippen LogP contribution in [0.15, 0.2) is 12.3 Å². The van der Waals surface area contributed by atoms with Gasteiger partial charge in [0.05, 0.1) is 23.2 Å². The molecule has 0 radical (unpaired) electrons. The van der Waals surface area contributed by atoms with E-state index in [1.807, 2.05) is 13.8 Å². The van der Waals surface area contributed by atoms with Crippen LogP contribution in [-0.4, -0.2) is 54.1 Å². The highest BCUT2D eigenvalue weighted by molar-refractivity contribution is 5.99. The molecule has 0 aliphatic carbocycles. The number of nitrogens with one attached hydrogen (secondary N) is 1. The first-order chi connectivity index (χ1) is 9.86. The van der Waals surface area contributed by atoms with Crippen molar-refractivity contribution in [3.05, 3.63) is 27.9 Å². The van der Waals surface area contributed by atoms with Gasteiger partial charge in [-0.15, -0.1) is 0 Å². The third kappa shape index (κ3) is 4.67. The zero-order valence-corrected chi connectivity index (χ0v) is 12.6. The van der Waals surface area contributed by atoms with Crippen molar-refractivity contribution in [2.75, 3.05) is 32.6 Å². The third-order valence-electron chi connectivity index (χ3n) is 2.78. The van der Waals surface area contributed by atoms with Crippen molar-refractivity contribution in [1.82, 2.24) is 9.88 Å². The summed E-state index contributed by atoms with van der Waals surface area (Å²) in [4.78, 5) is 27.9. The molecule has 21 heavy (non-hydrogen) atoms. The second kappa shape index (κ2) is 7.53. The molecule has 0 atom stereocenters. The molecule has 1 aromatic rings. The van der Waals surface area contributed by atoms with Crippen LogP contribution in [0.25, 0.3) is 0 Å². The van der Waals surface area contributed by atoms with E-state index in [9.17, 15) is 14.9 Å². The number of carbonyl (C=O) groups excluding carboxylic acids is 1. The van der Waals surface area contributed by atoms with Gasteiger partial charge in [-0.3, -0.25) is 14.9 Å². The van der Waals surface area contributed by atoms with Crippen molar-refractivity contribution in [3.8, 4) is 0 Å². The molecule has 0 saturated heterocycles. The maximum absolute atomic E-state index is 12.3. The Morgan fingerprint density at radius 3 is 2.76 bits per heavy atom. The molecular weight excluding hydrogens is 276 g/mol. The Hall–Kier alpha value is -2.22. The van der Waals surface area contributed by atoms with E-state index in [4.69, 9.17) is 4.74 Å². The fourth-order valence-electron chi connectivity index (χ4n) is 1.65. The molecule has 1 N–H and O–H groups in total. The molecule has 8 nitrogen and oxygen atoms in total. The van der Waals surface area contributed by atoms with E-state index in [0.717, 1.165) is 6.20 Å². The van der Waals surface area contributed by atoms with Crippen molar-refractivity contribution in [2.45, 2.75) is 20.0 Å². The lowest BCUT2D eigenvalue weighted by Gasteiger charge is -2.19. The number of rotatable bonds is 7. The van der Waals surface area contributed by atoms with E-state index in [-0.39, 0.29) is 23.3 Å². The Labute approximate surface area is 123 Å². The third-order valence-corrected chi connectivity index (χ3v) is 2.78. The summed E-state index contributed by atoms with van der Waals surface area (Å²) in [5.74, 6) is -0.0369. The van der Waals surface area contributed by atoms with Crippen LogP contribution in [0.1, 0.15) is 24.2 Å². The smallest absolute Gasteiger partial charge is 0.288 e. The summed E-state index contributed by atoms with van der Waals surface area (Å²) in [5.41, 5.74) is -0.0528. The lowest BCUT2D eigenvalue weighted by atomic mass is 10.2. The van der Waals surface area contributed by atoms with Gasteiger partial charge in [0.25, 0.3) is 11.6 Å². The molecule has 8 heteroatoms. The molecule has 0 unspecified atom stereocenters. The molecule has 1 amide bonds. The van der Waals surface area contributed by atoms with Crippen LogP contribution in [0, 0.1) is 10.1 Å². The first kappa shape index (κ1) is 16.8. The molecule has 0 bridgehead atoms. The largest absolute Gasteiger partial charge is 0.377 e. The van der Waals surface area contributed by atoms with Gasteiger partial charge in [-0.1, -0.05) is 0 Å². The van der Waals surface area contributed by atoms with Gasteiger partial charge < -0.3 is 15.0 Å². The number of hydrogen-bond acceptors (Lipinski definition) is 6. The zero-order chi connectivity index (χ0) is 16.0. The lowest BCUT2D eigenvalue weighted by molar-refractivity contribution is -0.385. The topological polar surface area (TPSA) is 97.6 Å². The molecule has 116 valence electrons. The Morgan fingerprint density at radius 1 is 1.57 bits per heavy atom. The predicted octanol–water partition coefficient (Wildman–Crippen LogP) is 1.53. The minimum atomic E-state index is -0.578. The average molecular weight is 296 g/mol. The first-order valence-corrected chi connectivity index (χ1v) is 6.56. The number of anilines is 1. The number of aromatic nitrogens is 1. The molecule has 0 aliphatic rings. The molecule has 0 fully saturated rings. The van der Waals surface area contributed by atoms with Crippen LogP contribution >= 0.6 is 0 Å². The van der Waals surface area contributed by atoms with Crippen LogP contribution in [0.4, 0.5) is 11.5 Å². The molecule has 0 aromatic carbocycles. The Balaban J connectivity index is 2.89. The maximum atomic E-state index is 12.3. The van der Waals surface area contributed by atoms with Crippen molar-refractivity contribution in [2.24, 2.45) is 0 Å². The Kier molecular flexibility index (Phi) is 6.04. The fraction of sp³-hybridized carbons (Fsp3) is 0.538. The summed E-state index contributed by atoms with van der Waals surface area (Å²) in [7, 11) is 3.22. The summed E-state index contributed by atoms with van der Waals surface area (Å²) in [5, 5.41) is 13.6. The van der Waals surface area contributed by atoms with Gasteiger partial charge in [0.1, 0.15) is 12.0 Å². The van der Waals surface area contributed by atoms with Crippen molar-refractivity contribution in [1.29, 1.82) is 0 Å². The molecule has 1 rings (SSSR count).